The minimum Gasteiger partial charge on any atom is -0.497 e. The summed E-state index contributed by atoms with van der Waals surface area (Å²) in [5.74, 6) is 0.766. The number of benzene rings is 1. The van der Waals surface area contributed by atoms with Crippen molar-refractivity contribution in [1.29, 1.82) is 0 Å². The molecule has 0 unspecified atom stereocenters. The summed E-state index contributed by atoms with van der Waals surface area (Å²) in [7, 11) is 1.62. The van der Waals surface area contributed by atoms with Gasteiger partial charge in [0.05, 0.1) is 13.7 Å². The fraction of sp³-hybridized carbons (Fsp3) is 0.632. The van der Waals surface area contributed by atoms with Crippen LogP contribution in [0, 0.1) is 0 Å². The lowest BCUT2D eigenvalue weighted by Crippen LogP contribution is -2.51. The largest absolute Gasteiger partial charge is 0.497 e. The number of carbonyl (C=O) groups is 1. The summed E-state index contributed by atoms with van der Waals surface area (Å²) in [4.78, 5) is 14.3. The van der Waals surface area contributed by atoms with Crippen molar-refractivity contribution in [2.24, 2.45) is 0 Å². The predicted molar refractivity (Wildman–Crippen MR) is 95.1 cm³/mol. The van der Waals surface area contributed by atoms with Crippen LogP contribution in [0.25, 0.3) is 0 Å². The van der Waals surface area contributed by atoms with E-state index in [1.54, 1.807) is 7.11 Å². The Morgan fingerprint density at radius 1 is 1.29 bits per heavy atom. The minimum atomic E-state index is -1.01. The zero-order valence-corrected chi connectivity index (χ0v) is 15.4. The van der Waals surface area contributed by atoms with Crippen molar-refractivity contribution in [3.05, 3.63) is 29.8 Å². The van der Waals surface area contributed by atoms with E-state index in [9.17, 15) is 9.90 Å². The Morgan fingerprint density at radius 2 is 1.92 bits per heavy atom. The highest BCUT2D eigenvalue weighted by Gasteiger charge is 2.41. The second-order valence-corrected chi connectivity index (χ2v) is 7.80. The standard InChI is InChI=1S/C19H30N2O3/c1-18(2,3)20-17(22)13-21-12-6-7-16(21)19(4,23)14-8-10-15(24-5)11-9-14/h8-11,16,23H,6-7,12-13H2,1-5H3,(H,20,22)/t16-,19-/m1/s1. The number of likely N-dealkylation sites (tertiary alicyclic amines) is 1. The topological polar surface area (TPSA) is 61.8 Å². The van der Waals surface area contributed by atoms with Crippen LogP contribution in [-0.2, 0) is 10.4 Å². The highest BCUT2D eigenvalue weighted by molar-refractivity contribution is 5.78. The smallest absolute Gasteiger partial charge is 0.234 e. The van der Waals surface area contributed by atoms with E-state index < -0.39 is 5.60 Å². The van der Waals surface area contributed by atoms with Gasteiger partial charge in [-0.3, -0.25) is 9.69 Å². The van der Waals surface area contributed by atoms with Crippen molar-refractivity contribution < 1.29 is 14.6 Å². The molecule has 0 saturated carbocycles. The number of hydrogen-bond acceptors (Lipinski definition) is 4. The molecule has 0 aromatic heterocycles. The van der Waals surface area contributed by atoms with E-state index >= 15 is 0 Å². The summed E-state index contributed by atoms with van der Waals surface area (Å²) >= 11 is 0. The van der Waals surface area contributed by atoms with Crippen LogP contribution < -0.4 is 10.1 Å². The van der Waals surface area contributed by atoms with Crippen LogP contribution >= 0.6 is 0 Å². The minimum absolute atomic E-state index is 0.0000640. The van der Waals surface area contributed by atoms with Crippen molar-refractivity contribution in [2.75, 3.05) is 20.2 Å². The molecular formula is C19H30N2O3. The number of rotatable bonds is 5. The van der Waals surface area contributed by atoms with Gasteiger partial charge in [-0.1, -0.05) is 12.1 Å². The molecule has 1 aliphatic rings. The van der Waals surface area contributed by atoms with Crippen LogP contribution in [0.3, 0.4) is 0 Å². The van der Waals surface area contributed by atoms with Gasteiger partial charge < -0.3 is 15.2 Å². The Morgan fingerprint density at radius 3 is 2.46 bits per heavy atom. The molecule has 1 aromatic rings. The van der Waals surface area contributed by atoms with Crippen LogP contribution in [0.5, 0.6) is 5.75 Å². The first kappa shape index (κ1) is 18.7. The van der Waals surface area contributed by atoms with Crippen LogP contribution in [0.2, 0.25) is 0 Å². The Hall–Kier alpha value is -1.59. The van der Waals surface area contributed by atoms with Gasteiger partial charge >= 0.3 is 0 Å². The van der Waals surface area contributed by atoms with E-state index in [-0.39, 0.29) is 17.5 Å². The van der Waals surface area contributed by atoms with Crippen LogP contribution in [0.15, 0.2) is 24.3 Å². The highest BCUT2D eigenvalue weighted by Crippen LogP contribution is 2.35. The molecule has 1 heterocycles. The van der Waals surface area contributed by atoms with E-state index in [2.05, 4.69) is 10.2 Å². The lowest BCUT2D eigenvalue weighted by molar-refractivity contribution is -0.125. The summed E-state index contributed by atoms with van der Waals surface area (Å²) in [5, 5.41) is 14.1. The lowest BCUT2D eigenvalue weighted by atomic mass is 9.86. The number of carbonyl (C=O) groups excluding carboxylic acids is 1. The molecule has 5 heteroatoms. The molecular weight excluding hydrogens is 304 g/mol. The van der Waals surface area contributed by atoms with Crippen LogP contribution in [0.4, 0.5) is 0 Å². The molecule has 1 amide bonds. The Kier molecular flexibility index (Phi) is 5.56. The number of nitrogens with zero attached hydrogens (tertiary/aromatic N) is 1. The van der Waals surface area contributed by atoms with E-state index in [1.165, 1.54) is 0 Å². The summed E-state index contributed by atoms with van der Waals surface area (Å²) in [6.07, 6.45) is 1.86. The zero-order valence-electron chi connectivity index (χ0n) is 15.4. The van der Waals surface area contributed by atoms with Gasteiger partial charge in [-0.15, -0.1) is 0 Å². The Balaban J connectivity index is 2.11. The molecule has 24 heavy (non-hydrogen) atoms. The van der Waals surface area contributed by atoms with Gasteiger partial charge in [0.25, 0.3) is 0 Å². The first-order chi connectivity index (χ1) is 11.1. The second-order valence-electron chi connectivity index (χ2n) is 7.80. The third-order valence-electron chi connectivity index (χ3n) is 4.55. The summed E-state index contributed by atoms with van der Waals surface area (Å²) in [6.45, 7) is 8.89. The van der Waals surface area contributed by atoms with E-state index in [0.717, 1.165) is 30.7 Å². The van der Waals surface area contributed by atoms with Crippen LogP contribution in [-0.4, -0.2) is 47.7 Å². The van der Waals surface area contributed by atoms with Crippen molar-refractivity contribution in [1.82, 2.24) is 10.2 Å². The average molecular weight is 334 g/mol. The van der Waals surface area contributed by atoms with Crippen molar-refractivity contribution in [3.63, 3.8) is 0 Å². The Labute approximate surface area is 145 Å². The predicted octanol–water partition coefficient (Wildman–Crippen LogP) is 2.28. The molecule has 1 aromatic carbocycles. The molecule has 134 valence electrons. The number of amides is 1. The normalized spacial score (nSPS) is 21.3. The molecule has 2 N–H and O–H groups in total. The van der Waals surface area contributed by atoms with Crippen molar-refractivity contribution in [3.8, 4) is 5.75 Å². The van der Waals surface area contributed by atoms with Crippen molar-refractivity contribution >= 4 is 5.91 Å². The average Bonchev–Trinajstić information content (AvgIpc) is 2.94. The number of ether oxygens (including phenoxy) is 1. The molecule has 5 nitrogen and oxygen atoms in total. The maximum Gasteiger partial charge on any atom is 0.234 e. The number of methoxy groups -OCH3 is 1. The molecule has 1 aliphatic heterocycles. The monoisotopic (exact) mass is 334 g/mol. The van der Waals surface area contributed by atoms with E-state index in [0.29, 0.717) is 6.54 Å². The number of aliphatic hydroxyl groups is 1. The van der Waals surface area contributed by atoms with E-state index in [4.69, 9.17) is 4.74 Å². The fourth-order valence-electron chi connectivity index (χ4n) is 3.42. The maximum absolute atomic E-state index is 12.3. The molecule has 2 atom stereocenters. The third kappa shape index (κ3) is 4.48. The second kappa shape index (κ2) is 7.11. The third-order valence-corrected chi connectivity index (χ3v) is 4.55. The molecule has 0 spiro atoms. The van der Waals surface area contributed by atoms with Gasteiger partial charge in [0.2, 0.25) is 5.91 Å². The van der Waals surface area contributed by atoms with Gasteiger partial charge in [-0.2, -0.15) is 0 Å². The zero-order chi connectivity index (χ0) is 18.0. The first-order valence-electron chi connectivity index (χ1n) is 8.55. The number of nitrogens with one attached hydrogen (secondary N) is 1. The summed E-state index contributed by atoms with van der Waals surface area (Å²) < 4.78 is 5.18. The van der Waals surface area contributed by atoms with Gasteiger partial charge in [-0.05, 0) is 64.8 Å². The molecule has 0 bridgehead atoms. The number of hydrogen-bond donors (Lipinski definition) is 2. The lowest BCUT2D eigenvalue weighted by Gasteiger charge is -2.37. The molecule has 0 aliphatic carbocycles. The van der Waals surface area contributed by atoms with Gasteiger partial charge in [0.15, 0.2) is 0 Å². The van der Waals surface area contributed by atoms with Gasteiger partial charge in [0.1, 0.15) is 11.4 Å². The SMILES string of the molecule is COc1ccc([C@@](C)(O)[C@H]2CCCN2CC(=O)NC(C)(C)C)cc1. The maximum atomic E-state index is 12.3. The van der Waals surface area contributed by atoms with Gasteiger partial charge in [-0.25, -0.2) is 0 Å². The van der Waals surface area contributed by atoms with Gasteiger partial charge in [0, 0.05) is 11.6 Å². The molecule has 0 radical (unpaired) electrons. The molecule has 1 fully saturated rings. The van der Waals surface area contributed by atoms with Crippen molar-refractivity contribution in [2.45, 2.75) is 57.7 Å². The molecule has 1 saturated heterocycles. The van der Waals surface area contributed by atoms with Crippen LogP contribution in [0.1, 0.15) is 46.1 Å². The fourth-order valence-corrected chi connectivity index (χ4v) is 3.42. The quantitative estimate of drug-likeness (QED) is 0.867. The highest BCUT2D eigenvalue weighted by atomic mass is 16.5. The molecule has 2 rings (SSSR count). The first-order valence-corrected chi connectivity index (χ1v) is 8.55. The Bertz CT molecular complexity index is 561. The summed E-state index contributed by atoms with van der Waals surface area (Å²) in [6, 6.07) is 7.43. The van der Waals surface area contributed by atoms with E-state index in [1.807, 2.05) is 52.0 Å². The summed E-state index contributed by atoms with van der Waals surface area (Å²) in [5.41, 5.74) is -0.410.